The molecule has 0 unspecified atom stereocenters. The molecule has 0 aliphatic carbocycles. The molecule has 1 N–H and O–H groups in total. The summed E-state index contributed by atoms with van der Waals surface area (Å²) in [6.07, 6.45) is 1.83. The lowest BCUT2D eigenvalue weighted by molar-refractivity contribution is 0.207. The number of ether oxygens (including phenoxy) is 1. The van der Waals surface area contributed by atoms with E-state index in [0.717, 1.165) is 5.69 Å². The van der Waals surface area contributed by atoms with Crippen molar-refractivity contribution in [1.82, 2.24) is 10.3 Å². The molecule has 0 fully saturated rings. The first-order chi connectivity index (χ1) is 11.2. The van der Waals surface area contributed by atoms with Crippen molar-refractivity contribution in [2.75, 3.05) is 18.8 Å². The summed E-state index contributed by atoms with van der Waals surface area (Å²) in [7, 11) is 1.59. The van der Waals surface area contributed by atoms with Crippen LogP contribution in [-0.2, 0) is 11.3 Å². The molecule has 0 aromatic heterocycles. The molecule has 0 spiro atoms. The van der Waals surface area contributed by atoms with Crippen molar-refractivity contribution in [1.29, 1.82) is 0 Å². The predicted molar refractivity (Wildman–Crippen MR) is 89.0 cm³/mol. The van der Waals surface area contributed by atoms with Gasteiger partial charge in [-0.05, 0) is 24.3 Å². The zero-order valence-corrected chi connectivity index (χ0v) is 13.4. The third kappa shape index (κ3) is 3.68. The topological polar surface area (TPSA) is 27.7 Å². The van der Waals surface area contributed by atoms with Gasteiger partial charge in [-0.15, -0.1) is 0 Å². The number of halogens is 2. The molecule has 0 amide bonds. The maximum absolute atomic E-state index is 14.0. The highest BCUT2D eigenvalue weighted by molar-refractivity contribution is 6.30. The molecule has 1 aliphatic heterocycles. The van der Waals surface area contributed by atoms with Crippen LogP contribution in [0.4, 0.5) is 10.1 Å². The summed E-state index contributed by atoms with van der Waals surface area (Å²) in [5.74, 6) is 0.282. The summed E-state index contributed by atoms with van der Waals surface area (Å²) in [5.41, 5.74) is 4.75. The van der Waals surface area contributed by atoms with E-state index in [1.165, 1.54) is 6.07 Å². The first-order valence-corrected chi connectivity index (χ1v) is 7.56. The third-order valence-corrected chi connectivity index (χ3v) is 3.78. The zero-order valence-electron chi connectivity index (χ0n) is 12.7. The van der Waals surface area contributed by atoms with Gasteiger partial charge in [0.05, 0.1) is 19.0 Å². The Morgan fingerprint density at radius 2 is 2.00 bits per heavy atom. The van der Waals surface area contributed by atoms with Crippen LogP contribution >= 0.6 is 11.6 Å². The van der Waals surface area contributed by atoms with E-state index in [4.69, 9.17) is 16.3 Å². The van der Waals surface area contributed by atoms with Crippen LogP contribution in [-0.4, -0.2) is 18.7 Å². The molecule has 120 valence electrons. The van der Waals surface area contributed by atoms with E-state index in [2.05, 4.69) is 5.43 Å². The lowest BCUT2D eigenvalue weighted by Crippen LogP contribution is -2.48. The Morgan fingerprint density at radius 3 is 2.70 bits per heavy atom. The molecule has 2 aromatic rings. The first kappa shape index (κ1) is 15.5. The van der Waals surface area contributed by atoms with Gasteiger partial charge in [0.1, 0.15) is 12.5 Å². The number of para-hydroxylation sites is 1. The Kier molecular flexibility index (Phi) is 4.57. The number of hydrogen-bond acceptors (Lipinski definition) is 4. The van der Waals surface area contributed by atoms with Gasteiger partial charge in [-0.2, -0.15) is 0 Å². The highest BCUT2D eigenvalue weighted by atomic mass is 35.5. The molecule has 4 nitrogen and oxygen atoms in total. The summed E-state index contributed by atoms with van der Waals surface area (Å²) in [5, 5.41) is 2.33. The average Bonchev–Trinajstić information content (AvgIpc) is 2.58. The summed E-state index contributed by atoms with van der Waals surface area (Å²) in [6, 6.07) is 14.6. The van der Waals surface area contributed by atoms with Crippen molar-refractivity contribution < 1.29 is 9.13 Å². The largest absolute Gasteiger partial charge is 0.480 e. The Morgan fingerprint density at radius 1 is 1.22 bits per heavy atom. The van der Waals surface area contributed by atoms with Gasteiger partial charge in [-0.1, -0.05) is 35.9 Å². The van der Waals surface area contributed by atoms with E-state index >= 15 is 0 Å². The molecule has 3 rings (SSSR count). The van der Waals surface area contributed by atoms with E-state index in [-0.39, 0.29) is 5.82 Å². The normalized spacial score (nSPS) is 14.3. The van der Waals surface area contributed by atoms with Gasteiger partial charge in [-0.25, -0.2) is 4.39 Å². The van der Waals surface area contributed by atoms with Gasteiger partial charge in [-0.3, -0.25) is 10.4 Å². The number of rotatable bonds is 4. The van der Waals surface area contributed by atoms with Crippen LogP contribution in [0.15, 0.2) is 60.6 Å². The van der Waals surface area contributed by atoms with E-state index < -0.39 is 0 Å². The van der Waals surface area contributed by atoms with E-state index in [1.54, 1.807) is 19.2 Å². The number of nitrogens with one attached hydrogen (secondary N) is 1. The number of methoxy groups -OCH3 is 1. The minimum Gasteiger partial charge on any atom is -0.480 e. The Bertz CT molecular complexity index is 708. The van der Waals surface area contributed by atoms with Crippen molar-refractivity contribution >= 4 is 17.3 Å². The molecular formula is C17H17ClFN3O. The molecule has 2 aromatic carbocycles. The van der Waals surface area contributed by atoms with Crippen LogP contribution in [0, 0.1) is 5.82 Å². The quantitative estimate of drug-likeness (QED) is 0.923. The smallest absolute Gasteiger partial charge is 0.222 e. The highest BCUT2D eigenvalue weighted by Gasteiger charge is 2.19. The molecule has 0 saturated carbocycles. The fraction of sp³-hybridized carbons (Fsp3) is 0.176. The molecule has 0 saturated heterocycles. The number of anilines is 1. The standard InChI is InChI=1S/C17H17ClFN3O/c1-23-17-11-21(10-13-7-8-14(18)9-16(13)19)12-22(20-17)15-5-3-2-4-6-15/h2-9,11,20H,10,12H2,1H3. The van der Waals surface area contributed by atoms with Crippen LogP contribution < -0.4 is 10.4 Å². The second-order valence-electron chi connectivity index (χ2n) is 5.20. The maximum atomic E-state index is 14.0. The van der Waals surface area contributed by atoms with Crippen LogP contribution in [0.1, 0.15) is 5.56 Å². The van der Waals surface area contributed by atoms with E-state index in [1.807, 2.05) is 46.4 Å². The Balaban J connectivity index is 1.80. The molecular weight excluding hydrogens is 317 g/mol. The van der Waals surface area contributed by atoms with Crippen LogP contribution in [0.3, 0.4) is 0 Å². The summed E-state index contributed by atoms with van der Waals surface area (Å²) in [4.78, 5) is 1.97. The molecule has 0 atom stereocenters. The van der Waals surface area contributed by atoms with Crippen LogP contribution in [0.25, 0.3) is 0 Å². The fourth-order valence-corrected chi connectivity index (χ4v) is 2.56. The van der Waals surface area contributed by atoms with Crippen LogP contribution in [0.5, 0.6) is 0 Å². The van der Waals surface area contributed by atoms with Gasteiger partial charge >= 0.3 is 0 Å². The Hall–Kier alpha value is -2.40. The number of nitrogens with zero attached hydrogens (tertiary/aromatic N) is 2. The van der Waals surface area contributed by atoms with Crippen molar-refractivity contribution in [2.24, 2.45) is 0 Å². The minimum absolute atomic E-state index is 0.310. The van der Waals surface area contributed by atoms with Crippen molar-refractivity contribution in [3.8, 4) is 0 Å². The molecule has 1 aliphatic rings. The number of hydrogen-bond donors (Lipinski definition) is 1. The lowest BCUT2D eigenvalue weighted by atomic mass is 10.2. The second-order valence-corrected chi connectivity index (χ2v) is 5.63. The highest BCUT2D eigenvalue weighted by Crippen LogP contribution is 2.20. The van der Waals surface area contributed by atoms with Crippen molar-refractivity contribution in [3.63, 3.8) is 0 Å². The van der Waals surface area contributed by atoms with E-state index in [9.17, 15) is 4.39 Å². The van der Waals surface area contributed by atoms with Crippen molar-refractivity contribution in [2.45, 2.75) is 6.54 Å². The SMILES string of the molecule is COC1=CN(Cc2ccc(Cl)cc2F)CN(c2ccccc2)N1. The number of benzene rings is 2. The van der Waals surface area contributed by atoms with Gasteiger partial charge in [0, 0.05) is 17.1 Å². The molecule has 6 heteroatoms. The zero-order chi connectivity index (χ0) is 16.2. The van der Waals surface area contributed by atoms with Crippen molar-refractivity contribution in [3.05, 3.63) is 77.0 Å². The Labute approximate surface area is 139 Å². The molecule has 23 heavy (non-hydrogen) atoms. The van der Waals surface area contributed by atoms with Gasteiger partial charge in [0.25, 0.3) is 0 Å². The minimum atomic E-state index is -0.310. The second kappa shape index (κ2) is 6.79. The third-order valence-electron chi connectivity index (χ3n) is 3.54. The van der Waals surface area contributed by atoms with Gasteiger partial charge in [0.15, 0.2) is 0 Å². The molecule has 0 radical (unpaired) electrons. The molecule has 0 bridgehead atoms. The van der Waals surface area contributed by atoms with E-state index in [0.29, 0.717) is 29.7 Å². The van der Waals surface area contributed by atoms with Crippen LogP contribution in [0.2, 0.25) is 5.02 Å². The average molecular weight is 334 g/mol. The fourth-order valence-electron chi connectivity index (χ4n) is 2.40. The first-order valence-electron chi connectivity index (χ1n) is 7.19. The summed E-state index contributed by atoms with van der Waals surface area (Å²) >= 11 is 5.80. The monoisotopic (exact) mass is 333 g/mol. The summed E-state index contributed by atoms with van der Waals surface area (Å²) in [6.45, 7) is 0.972. The number of hydrazine groups is 1. The lowest BCUT2D eigenvalue weighted by Gasteiger charge is -2.37. The summed E-state index contributed by atoms with van der Waals surface area (Å²) < 4.78 is 19.3. The van der Waals surface area contributed by atoms with Gasteiger partial charge in [0.2, 0.25) is 5.88 Å². The predicted octanol–water partition coefficient (Wildman–Crippen LogP) is 3.71. The molecule has 1 heterocycles. The van der Waals surface area contributed by atoms with Gasteiger partial charge < -0.3 is 9.64 Å². The maximum Gasteiger partial charge on any atom is 0.222 e.